The van der Waals surface area contributed by atoms with E-state index in [2.05, 4.69) is 62.1 Å². The lowest BCUT2D eigenvalue weighted by molar-refractivity contribution is 0.289. The fraction of sp³-hybridized carbons (Fsp3) is 0.655. The van der Waals surface area contributed by atoms with Crippen molar-refractivity contribution in [3.63, 3.8) is 0 Å². The van der Waals surface area contributed by atoms with Gasteiger partial charge in [-0.05, 0) is 92.7 Å². The lowest BCUT2D eigenvalue weighted by atomic mass is 9.78. The minimum Gasteiger partial charge on any atom is -0.0951 e. The number of benzene rings is 1. The number of aryl methyl sites for hydroxylation is 1. The SMILES string of the molecule is CCCCCC1CCC(C=CC#CC2CCC(c3ccc(CC)cc3)CC2)CC1. The van der Waals surface area contributed by atoms with Crippen LogP contribution >= 0.6 is 0 Å². The third-order valence-electron chi connectivity index (χ3n) is 7.43. The van der Waals surface area contributed by atoms with Crippen molar-refractivity contribution in [1.29, 1.82) is 0 Å². The maximum absolute atomic E-state index is 3.56. The van der Waals surface area contributed by atoms with E-state index < -0.39 is 0 Å². The van der Waals surface area contributed by atoms with Crippen LogP contribution in [0.4, 0.5) is 0 Å². The van der Waals surface area contributed by atoms with Crippen molar-refractivity contribution in [2.45, 2.75) is 103 Å². The minimum atomic E-state index is 0.611. The highest BCUT2D eigenvalue weighted by atomic mass is 14.3. The van der Waals surface area contributed by atoms with E-state index in [1.54, 1.807) is 5.56 Å². The van der Waals surface area contributed by atoms with Crippen LogP contribution in [0.5, 0.6) is 0 Å². The van der Waals surface area contributed by atoms with Crippen molar-refractivity contribution in [3.05, 3.63) is 47.5 Å². The normalized spacial score (nSPS) is 27.5. The van der Waals surface area contributed by atoms with Gasteiger partial charge in [-0.3, -0.25) is 0 Å². The molecule has 1 aromatic carbocycles. The van der Waals surface area contributed by atoms with E-state index >= 15 is 0 Å². The molecule has 0 radical (unpaired) electrons. The van der Waals surface area contributed by atoms with Gasteiger partial charge < -0.3 is 0 Å². The first-order valence-electron chi connectivity index (χ1n) is 12.5. The Balaban J connectivity index is 1.35. The molecule has 3 rings (SSSR count). The monoisotopic (exact) mass is 390 g/mol. The fourth-order valence-electron chi connectivity index (χ4n) is 5.30. The largest absolute Gasteiger partial charge is 0.0951 e. The summed E-state index contributed by atoms with van der Waals surface area (Å²) in [5.41, 5.74) is 2.99. The van der Waals surface area contributed by atoms with Crippen LogP contribution in [-0.4, -0.2) is 0 Å². The predicted octanol–water partition coefficient (Wildman–Crippen LogP) is 8.47. The Morgan fingerprint density at radius 1 is 0.862 bits per heavy atom. The molecule has 0 aliphatic heterocycles. The summed E-state index contributed by atoms with van der Waals surface area (Å²) in [7, 11) is 0. The number of unbranched alkanes of at least 4 members (excludes halogenated alkanes) is 2. The number of allylic oxidation sites excluding steroid dienone is 2. The number of hydrogen-bond donors (Lipinski definition) is 0. The van der Waals surface area contributed by atoms with Crippen LogP contribution in [-0.2, 0) is 6.42 Å². The molecule has 2 aliphatic carbocycles. The van der Waals surface area contributed by atoms with Crippen LogP contribution in [0.3, 0.4) is 0 Å². The zero-order chi connectivity index (χ0) is 20.3. The van der Waals surface area contributed by atoms with Gasteiger partial charge in [0.15, 0.2) is 0 Å². The van der Waals surface area contributed by atoms with E-state index in [9.17, 15) is 0 Å². The fourth-order valence-corrected chi connectivity index (χ4v) is 5.30. The number of hydrogen-bond acceptors (Lipinski definition) is 0. The van der Waals surface area contributed by atoms with Crippen LogP contribution in [0.25, 0.3) is 0 Å². The maximum atomic E-state index is 3.56. The molecule has 0 amide bonds. The minimum absolute atomic E-state index is 0.611. The molecule has 2 aliphatic rings. The van der Waals surface area contributed by atoms with E-state index in [0.29, 0.717) is 5.92 Å². The van der Waals surface area contributed by atoms with Gasteiger partial charge in [-0.25, -0.2) is 0 Å². The van der Waals surface area contributed by atoms with E-state index in [0.717, 1.165) is 24.2 Å². The van der Waals surface area contributed by atoms with Gasteiger partial charge in [0.1, 0.15) is 0 Å². The summed E-state index contributed by atoms with van der Waals surface area (Å²) in [6.07, 6.45) is 22.2. The Labute approximate surface area is 180 Å². The molecule has 0 nitrogen and oxygen atoms in total. The van der Waals surface area contributed by atoms with Crippen LogP contribution in [0.1, 0.15) is 108 Å². The van der Waals surface area contributed by atoms with Gasteiger partial charge in [-0.15, -0.1) is 0 Å². The second-order valence-corrected chi connectivity index (χ2v) is 9.57. The molecule has 2 fully saturated rings. The predicted molar refractivity (Wildman–Crippen MR) is 127 cm³/mol. The highest BCUT2D eigenvalue weighted by Gasteiger charge is 2.21. The first-order valence-corrected chi connectivity index (χ1v) is 12.5. The molecule has 1 aromatic rings. The molecule has 2 saturated carbocycles. The summed E-state index contributed by atoms with van der Waals surface area (Å²) in [5, 5.41) is 0. The quantitative estimate of drug-likeness (QED) is 0.323. The highest BCUT2D eigenvalue weighted by Crippen LogP contribution is 2.36. The van der Waals surface area contributed by atoms with Crippen LogP contribution in [0.15, 0.2) is 36.4 Å². The third-order valence-corrected chi connectivity index (χ3v) is 7.43. The zero-order valence-electron chi connectivity index (χ0n) is 19.0. The van der Waals surface area contributed by atoms with Crippen LogP contribution < -0.4 is 0 Å². The van der Waals surface area contributed by atoms with Crippen LogP contribution in [0.2, 0.25) is 0 Å². The summed E-state index contributed by atoms with van der Waals surface area (Å²) in [5.74, 6) is 10.1. The molecular formula is C29H42. The standard InChI is InChI=1S/C29H42/c1-3-5-6-9-25-12-14-26(15-13-25)10-7-8-11-27-18-22-29(23-19-27)28-20-16-24(4-2)17-21-28/h7,10,16-17,20-21,25-27,29H,3-6,9,12-15,18-19,22-23H2,1-2H3. The van der Waals surface area contributed by atoms with Gasteiger partial charge in [0, 0.05) is 5.92 Å². The summed E-state index contributed by atoms with van der Waals surface area (Å²) in [6.45, 7) is 4.53. The van der Waals surface area contributed by atoms with Gasteiger partial charge in [-0.2, -0.15) is 0 Å². The second kappa shape index (κ2) is 12.3. The summed E-state index contributed by atoms with van der Waals surface area (Å²) >= 11 is 0. The Kier molecular flexibility index (Phi) is 9.40. The van der Waals surface area contributed by atoms with Gasteiger partial charge in [0.25, 0.3) is 0 Å². The molecule has 0 N–H and O–H groups in total. The van der Waals surface area contributed by atoms with Crippen molar-refractivity contribution in [1.82, 2.24) is 0 Å². The van der Waals surface area contributed by atoms with Crippen molar-refractivity contribution >= 4 is 0 Å². The second-order valence-electron chi connectivity index (χ2n) is 9.57. The Hall–Kier alpha value is -1.48. The van der Waals surface area contributed by atoms with Gasteiger partial charge >= 0.3 is 0 Å². The van der Waals surface area contributed by atoms with E-state index in [1.165, 1.54) is 82.6 Å². The van der Waals surface area contributed by atoms with Gasteiger partial charge in [0.05, 0.1) is 0 Å². The molecule has 158 valence electrons. The van der Waals surface area contributed by atoms with Crippen LogP contribution in [0, 0.1) is 29.6 Å². The topological polar surface area (TPSA) is 0 Å². The number of rotatable bonds is 7. The summed E-state index contributed by atoms with van der Waals surface area (Å²) in [6, 6.07) is 9.34. The van der Waals surface area contributed by atoms with Crippen molar-refractivity contribution < 1.29 is 0 Å². The van der Waals surface area contributed by atoms with Gasteiger partial charge in [0.2, 0.25) is 0 Å². The first-order chi connectivity index (χ1) is 14.3. The lowest BCUT2D eigenvalue weighted by Gasteiger charge is -2.26. The molecule has 0 aromatic heterocycles. The smallest absolute Gasteiger partial charge is 0.0206 e. The molecule has 0 saturated heterocycles. The first kappa shape index (κ1) is 22.2. The van der Waals surface area contributed by atoms with Crippen molar-refractivity contribution in [2.24, 2.45) is 17.8 Å². The Morgan fingerprint density at radius 3 is 2.24 bits per heavy atom. The third kappa shape index (κ3) is 7.37. The Bertz CT molecular complexity index is 652. The van der Waals surface area contributed by atoms with E-state index in [1.807, 2.05) is 0 Å². The molecule has 0 spiro atoms. The molecule has 0 heterocycles. The van der Waals surface area contributed by atoms with Gasteiger partial charge in [-0.1, -0.05) is 81.7 Å². The molecule has 0 heteroatoms. The molecule has 0 atom stereocenters. The van der Waals surface area contributed by atoms with E-state index in [-0.39, 0.29) is 0 Å². The molecule has 0 unspecified atom stereocenters. The summed E-state index contributed by atoms with van der Waals surface area (Å²) in [4.78, 5) is 0. The maximum Gasteiger partial charge on any atom is 0.0206 e. The average molecular weight is 391 g/mol. The molecule has 29 heavy (non-hydrogen) atoms. The molecular weight excluding hydrogens is 348 g/mol. The highest BCUT2D eigenvalue weighted by molar-refractivity contribution is 5.26. The summed E-state index contributed by atoms with van der Waals surface area (Å²) < 4.78 is 0. The lowest BCUT2D eigenvalue weighted by Crippen LogP contribution is -2.13. The zero-order valence-corrected chi connectivity index (χ0v) is 19.0. The molecule has 0 bridgehead atoms. The average Bonchev–Trinajstić information content (AvgIpc) is 2.78. The van der Waals surface area contributed by atoms with Crippen molar-refractivity contribution in [3.8, 4) is 11.8 Å². The Morgan fingerprint density at radius 2 is 1.59 bits per heavy atom. The van der Waals surface area contributed by atoms with E-state index in [4.69, 9.17) is 0 Å². The van der Waals surface area contributed by atoms with Crippen molar-refractivity contribution in [2.75, 3.05) is 0 Å².